The molecular formula is C7H8F3NO3S. The molecular weight excluding hydrogens is 235 g/mol. The smallest absolute Gasteiger partial charge is 0.330 e. The number of amides is 1. The van der Waals surface area contributed by atoms with Gasteiger partial charge in [0.2, 0.25) is 0 Å². The molecule has 2 fully saturated rings. The molecule has 4 nitrogen and oxygen atoms in total. The van der Waals surface area contributed by atoms with E-state index in [4.69, 9.17) is 0 Å². The molecule has 0 saturated carbocycles. The van der Waals surface area contributed by atoms with E-state index >= 15 is 0 Å². The van der Waals surface area contributed by atoms with Crippen LogP contribution in [0.3, 0.4) is 0 Å². The van der Waals surface area contributed by atoms with E-state index in [9.17, 15) is 26.4 Å². The summed E-state index contributed by atoms with van der Waals surface area (Å²) >= 11 is 0. The number of carbonyl (C=O) groups excluding carboxylic acids is 1. The molecule has 2 aliphatic rings. The van der Waals surface area contributed by atoms with Gasteiger partial charge in [0.1, 0.15) is 0 Å². The van der Waals surface area contributed by atoms with Crippen LogP contribution in [0.15, 0.2) is 0 Å². The SMILES string of the molecule is O=C(N1CC2CC1CS2(=O)=O)C(F)(F)F. The van der Waals surface area contributed by atoms with Crippen LogP contribution in [0.5, 0.6) is 0 Å². The first-order chi connectivity index (χ1) is 6.72. The number of likely N-dealkylation sites (tertiary alicyclic amines) is 1. The molecule has 86 valence electrons. The molecule has 0 aromatic carbocycles. The normalized spacial score (nSPS) is 33.4. The molecule has 2 rings (SSSR count). The second kappa shape index (κ2) is 2.87. The van der Waals surface area contributed by atoms with Crippen LogP contribution < -0.4 is 0 Å². The fourth-order valence-electron chi connectivity index (χ4n) is 2.11. The molecule has 8 heteroatoms. The van der Waals surface area contributed by atoms with Gasteiger partial charge in [0, 0.05) is 12.6 Å². The molecule has 1 amide bonds. The average molecular weight is 243 g/mol. The lowest BCUT2D eigenvalue weighted by Crippen LogP contribution is -2.49. The molecule has 2 heterocycles. The number of nitrogens with zero attached hydrogens (tertiary/aromatic N) is 1. The van der Waals surface area contributed by atoms with Crippen LogP contribution in [-0.4, -0.2) is 49.0 Å². The summed E-state index contributed by atoms with van der Waals surface area (Å²) in [5, 5.41) is -0.797. The van der Waals surface area contributed by atoms with Gasteiger partial charge in [-0.1, -0.05) is 0 Å². The molecule has 0 radical (unpaired) electrons. The number of halogens is 3. The van der Waals surface area contributed by atoms with Gasteiger partial charge >= 0.3 is 12.1 Å². The Kier molecular flexibility index (Phi) is 2.05. The quantitative estimate of drug-likeness (QED) is 0.599. The van der Waals surface area contributed by atoms with E-state index in [-0.39, 0.29) is 18.7 Å². The molecule has 0 aromatic heterocycles. The molecule has 2 unspecified atom stereocenters. The van der Waals surface area contributed by atoms with Crippen molar-refractivity contribution < 1.29 is 26.4 Å². The maximum absolute atomic E-state index is 12.1. The van der Waals surface area contributed by atoms with Gasteiger partial charge in [0.25, 0.3) is 0 Å². The van der Waals surface area contributed by atoms with Crippen LogP contribution in [0.2, 0.25) is 0 Å². The zero-order valence-corrected chi connectivity index (χ0v) is 8.31. The van der Waals surface area contributed by atoms with Crippen molar-refractivity contribution in [3.63, 3.8) is 0 Å². The predicted octanol–water partition coefficient (Wildman–Crippen LogP) is -0.0534. The highest BCUT2D eigenvalue weighted by Crippen LogP contribution is 2.35. The van der Waals surface area contributed by atoms with Crippen LogP contribution in [0, 0.1) is 0 Å². The van der Waals surface area contributed by atoms with E-state index < -0.39 is 33.2 Å². The Bertz CT molecular complexity index is 402. The minimum absolute atomic E-state index is 0.143. The molecule has 0 spiro atoms. The highest BCUT2D eigenvalue weighted by atomic mass is 32.2. The number of rotatable bonds is 0. The van der Waals surface area contributed by atoms with Crippen molar-refractivity contribution in [2.24, 2.45) is 0 Å². The van der Waals surface area contributed by atoms with E-state index in [1.165, 1.54) is 0 Å². The Balaban J connectivity index is 2.17. The Hall–Kier alpha value is -0.790. The number of fused-ring (bicyclic) bond motifs is 2. The largest absolute Gasteiger partial charge is 0.471 e. The van der Waals surface area contributed by atoms with Crippen LogP contribution in [-0.2, 0) is 14.6 Å². The van der Waals surface area contributed by atoms with Gasteiger partial charge in [-0.05, 0) is 6.42 Å². The van der Waals surface area contributed by atoms with Gasteiger partial charge in [0.15, 0.2) is 9.84 Å². The lowest BCUT2D eigenvalue weighted by molar-refractivity contribution is -0.186. The minimum Gasteiger partial charge on any atom is -0.330 e. The topological polar surface area (TPSA) is 54.5 Å². The highest BCUT2D eigenvalue weighted by Gasteiger charge is 2.55. The second-order valence-corrected chi connectivity index (χ2v) is 6.12. The van der Waals surface area contributed by atoms with Crippen molar-refractivity contribution in [1.82, 2.24) is 4.90 Å². The van der Waals surface area contributed by atoms with Crippen LogP contribution in [0.4, 0.5) is 13.2 Å². The van der Waals surface area contributed by atoms with Crippen molar-refractivity contribution in [3.05, 3.63) is 0 Å². The van der Waals surface area contributed by atoms with Gasteiger partial charge in [-0.25, -0.2) is 8.42 Å². The summed E-state index contributed by atoms with van der Waals surface area (Å²) in [7, 11) is -3.26. The number of carbonyl (C=O) groups is 1. The summed E-state index contributed by atoms with van der Waals surface area (Å²) in [5.41, 5.74) is 0. The summed E-state index contributed by atoms with van der Waals surface area (Å²) in [5.74, 6) is -2.26. The fraction of sp³-hybridized carbons (Fsp3) is 0.857. The third kappa shape index (κ3) is 1.60. The van der Waals surface area contributed by atoms with Crippen LogP contribution >= 0.6 is 0 Å². The number of hydrogen-bond donors (Lipinski definition) is 0. The number of sulfone groups is 1. The van der Waals surface area contributed by atoms with Crippen molar-refractivity contribution in [3.8, 4) is 0 Å². The van der Waals surface area contributed by atoms with Crippen LogP contribution in [0.1, 0.15) is 6.42 Å². The third-order valence-corrected chi connectivity index (χ3v) is 5.02. The average Bonchev–Trinajstić information content (AvgIpc) is 2.55. The minimum atomic E-state index is -4.91. The first-order valence-corrected chi connectivity index (χ1v) is 6.03. The Labute approximate surface area is 84.0 Å². The van der Waals surface area contributed by atoms with Gasteiger partial charge in [0.05, 0.1) is 11.0 Å². The third-order valence-electron chi connectivity index (χ3n) is 2.81. The van der Waals surface area contributed by atoms with Gasteiger partial charge in [-0.3, -0.25) is 4.79 Å². The maximum Gasteiger partial charge on any atom is 0.471 e. The monoisotopic (exact) mass is 243 g/mol. The van der Waals surface area contributed by atoms with Gasteiger partial charge in [-0.2, -0.15) is 13.2 Å². The number of hydrogen-bond acceptors (Lipinski definition) is 3. The summed E-state index contributed by atoms with van der Waals surface area (Å²) < 4.78 is 58.7. The molecule has 0 aliphatic carbocycles. The van der Waals surface area contributed by atoms with Crippen molar-refractivity contribution in [1.29, 1.82) is 0 Å². The maximum atomic E-state index is 12.1. The van der Waals surface area contributed by atoms with Crippen molar-refractivity contribution >= 4 is 15.7 Å². The van der Waals surface area contributed by atoms with Gasteiger partial charge < -0.3 is 4.90 Å². The molecule has 0 aromatic rings. The zero-order chi connectivity index (χ0) is 11.4. The van der Waals surface area contributed by atoms with E-state index in [0.29, 0.717) is 4.90 Å². The molecule has 0 N–H and O–H groups in total. The Morgan fingerprint density at radius 1 is 1.33 bits per heavy atom. The lowest BCUT2D eigenvalue weighted by Gasteiger charge is -2.27. The molecule has 2 atom stereocenters. The molecule has 2 saturated heterocycles. The number of alkyl halides is 3. The zero-order valence-electron chi connectivity index (χ0n) is 7.49. The lowest BCUT2D eigenvalue weighted by atomic mass is 10.2. The molecule has 2 bridgehead atoms. The molecule has 2 aliphatic heterocycles. The highest BCUT2D eigenvalue weighted by molar-refractivity contribution is 7.92. The second-order valence-electron chi connectivity index (χ2n) is 3.80. The van der Waals surface area contributed by atoms with E-state index in [1.54, 1.807) is 0 Å². The van der Waals surface area contributed by atoms with Crippen molar-refractivity contribution in [2.45, 2.75) is 23.9 Å². The summed E-state index contributed by atoms with van der Waals surface area (Å²) in [4.78, 5) is 11.5. The molecule has 15 heavy (non-hydrogen) atoms. The van der Waals surface area contributed by atoms with Crippen LogP contribution in [0.25, 0.3) is 0 Å². The van der Waals surface area contributed by atoms with Gasteiger partial charge in [-0.15, -0.1) is 0 Å². The van der Waals surface area contributed by atoms with E-state index in [0.717, 1.165) is 0 Å². The Morgan fingerprint density at radius 3 is 2.27 bits per heavy atom. The van der Waals surface area contributed by atoms with Crippen molar-refractivity contribution in [2.75, 3.05) is 12.3 Å². The standard InChI is InChI=1S/C7H8F3NO3S/c8-7(9,10)6(12)11-2-5-1-4(11)3-15(5,13)14/h4-5H,1-3H2. The van der Waals surface area contributed by atoms with E-state index in [2.05, 4.69) is 0 Å². The van der Waals surface area contributed by atoms with E-state index in [1.807, 2.05) is 0 Å². The fourth-order valence-corrected chi connectivity index (χ4v) is 4.14. The predicted molar refractivity (Wildman–Crippen MR) is 43.7 cm³/mol. The first kappa shape index (κ1) is 10.7. The summed E-state index contributed by atoms with van der Waals surface area (Å²) in [6.45, 7) is -0.314. The first-order valence-electron chi connectivity index (χ1n) is 4.31. The Morgan fingerprint density at radius 2 is 1.93 bits per heavy atom. The summed E-state index contributed by atoms with van der Waals surface area (Å²) in [6.07, 6.45) is -4.77. The summed E-state index contributed by atoms with van der Waals surface area (Å²) in [6, 6.07) is -0.783.